The van der Waals surface area contributed by atoms with Gasteiger partial charge in [0.1, 0.15) is 0 Å². The van der Waals surface area contributed by atoms with Crippen molar-refractivity contribution in [3.63, 3.8) is 0 Å². The van der Waals surface area contributed by atoms with E-state index in [0.29, 0.717) is 11.3 Å². The van der Waals surface area contributed by atoms with Gasteiger partial charge in [0.05, 0.1) is 18.3 Å². The molecule has 0 bridgehead atoms. The van der Waals surface area contributed by atoms with Gasteiger partial charge in [-0.3, -0.25) is 4.72 Å². The lowest BCUT2D eigenvalue weighted by atomic mass is 10.1. The second-order valence-corrected chi connectivity index (χ2v) is 6.09. The Kier molecular flexibility index (Phi) is 5.57. The van der Waals surface area contributed by atoms with E-state index in [1.54, 1.807) is 31.2 Å². The van der Waals surface area contributed by atoms with Crippen LogP contribution in [0.3, 0.4) is 0 Å². The summed E-state index contributed by atoms with van der Waals surface area (Å²) in [5.41, 5.74) is 7.20. The van der Waals surface area contributed by atoms with Gasteiger partial charge in [-0.25, -0.2) is 8.42 Å². The van der Waals surface area contributed by atoms with Crippen molar-refractivity contribution in [3.8, 4) is 17.9 Å². The number of hydrogen-bond acceptors (Lipinski definition) is 4. The van der Waals surface area contributed by atoms with Crippen molar-refractivity contribution in [2.24, 2.45) is 5.73 Å². The molecule has 0 spiro atoms. The van der Waals surface area contributed by atoms with Gasteiger partial charge < -0.3 is 5.73 Å². The molecule has 0 amide bonds. The van der Waals surface area contributed by atoms with Gasteiger partial charge in [0.15, 0.2) is 5.25 Å². The highest BCUT2D eigenvalue weighted by Crippen LogP contribution is 2.19. The van der Waals surface area contributed by atoms with Crippen LogP contribution in [0.4, 0.5) is 5.69 Å². The van der Waals surface area contributed by atoms with E-state index in [4.69, 9.17) is 11.0 Å². The lowest BCUT2D eigenvalue weighted by Gasteiger charge is -2.13. The molecule has 3 N–H and O–H groups in total. The maximum atomic E-state index is 12.1. The van der Waals surface area contributed by atoms with Crippen LogP contribution in [0.1, 0.15) is 24.5 Å². The van der Waals surface area contributed by atoms with Crippen molar-refractivity contribution in [3.05, 3.63) is 29.3 Å². The van der Waals surface area contributed by atoms with Crippen LogP contribution in [0.25, 0.3) is 0 Å². The summed E-state index contributed by atoms with van der Waals surface area (Å²) in [6.45, 7) is 3.73. The van der Waals surface area contributed by atoms with Crippen LogP contribution in [0.2, 0.25) is 0 Å². The van der Waals surface area contributed by atoms with Gasteiger partial charge in [0, 0.05) is 5.56 Å². The van der Waals surface area contributed by atoms with E-state index in [1.165, 1.54) is 0 Å². The maximum absolute atomic E-state index is 12.1. The third kappa shape index (κ3) is 3.99. The van der Waals surface area contributed by atoms with Crippen LogP contribution in [-0.4, -0.2) is 20.2 Å². The first-order chi connectivity index (χ1) is 9.44. The van der Waals surface area contributed by atoms with E-state index >= 15 is 0 Å². The Morgan fingerprint density at radius 3 is 2.70 bits per heavy atom. The van der Waals surface area contributed by atoms with Crippen LogP contribution in [-0.2, 0) is 10.0 Å². The molecule has 106 valence electrons. The summed E-state index contributed by atoms with van der Waals surface area (Å²) in [5.74, 6) is 5.52. The minimum atomic E-state index is -3.75. The molecular formula is C14H17N3O2S. The molecule has 0 aliphatic carbocycles. The number of hydrogen-bond donors (Lipinski definition) is 2. The lowest BCUT2D eigenvalue weighted by Crippen LogP contribution is -2.26. The highest BCUT2D eigenvalue weighted by Gasteiger charge is 2.24. The summed E-state index contributed by atoms with van der Waals surface area (Å²) in [5, 5.41) is 7.80. The number of nitrogens with one attached hydrogen (secondary N) is 1. The van der Waals surface area contributed by atoms with E-state index in [1.807, 2.05) is 6.92 Å². The van der Waals surface area contributed by atoms with Crippen LogP contribution in [0.5, 0.6) is 0 Å². The van der Waals surface area contributed by atoms with Crippen molar-refractivity contribution in [2.45, 2.75) is 25.5 Å². The molecule has 0 saturated carbocycles. The second-order valence-electron chi connectivity index (χ2n) is 4.23. The average molecular weight is 291 g/mol. The number of aryl methyl sites for hydroxylation is 1. The number of sulfonamides is 1. The molecule has 0 aliphatic heterocycles. The summed E-state index contributed by atoms with van der Waals surface area (Å²) in [6, 6.07) is 6.96. The summed E-state index contributed by atoms with van der Waals surface area (Å²) in [7, 11) is -3.75. The molecule has 0 aromatic heterocycles. The standard InChI is InChI=1S/C14H17N3O2S/c1-3-13(10-16)20(18,19)17-14-7-6-11(2)9-12(14)5-4-8-15/h6-7,9,13,17H,3,8,15H2,1-2H3. The highest BCUT2D eigenvalue weighted by atomic mass is 32.2. The summed E-state index contributed by atoms with van der Waals surface area (Å²) in [6.07, 6.45) is 0.224. The van der Waals surface area contributed by atoms with Gasteiger partial charge in [0.2, 0.25) is 10.0 Å². The molecule has 1 unspecified atom stereocenters. The van der Waals surface area contributed by atoms with Gasteiger partial charge in [-0.2, -0.15) is 5.26 Å². The molecule has 0 heterocycles. The first-order valence-corrected chi connectivity index (χ1v) is 7.70. The fourth-order valence-electron chi connectivity index (χ4n) is 1.60. The third-order valence-electron chi connectivity index (χ3n) is 2.64. The second kappa shape index (κ2) is 6.95. The fourth-order valence-corrected chi connectivity index (χ4v) is 2.81. The molecule has 1 atom stereocenters. The first-order valence-electron chi connectivity index (χ1n) is 6.15. The normalized spacial score (nSPS) is 11.9. The molecular weight excluding hydrogens is 274 g/mol. The number of rotatable bonds is 4. The Balaban J connectivity index is 3.19. The zero-order valence-corrected chi connectivity index (χ0v) is 12.3. The van der Waals surface area contributed by atoms with Gasteiger partial charge in [-0.05, 0) is 31.0 Å². The minimum absolute atomic E-state index is 0.190. The lowest BCUT2D eigenvalue weighted by molar-refractivity contribution is 0.593. The summed E-state index contributed by atoms with van der Waals surface area (Å²) >= 11 is 0. The average Bonchev–Trinajstić information content (AvgIpc) is 2.39. The van der Waals surface area contributed by atoms with E-state index in [9.17, 15) is 8.42 Å². The van der Waals surface area contributed by atoms with Gasteiger partial charge in [-0.15, -0.1) is 0 Å². The van der Waals surface area contributed by atoms with Crippen molar-refractivity contribution >= 4 is 15.7 Å². The molecule has 6 heteroatoms. The van der Waals surface area contributed by atoms with Crippen molar-refractivity contribution in [1.82, 2.24) is 0 Å². The molecule has 0 fully saturated rings. The Hall–Kier alpha value is -2.02. The largest absolute Gasteiger partial charge is 0.320 e. The maximum Gasteiger partial charge on any atom is 0.249 e. The summed E-state index contributed by atoms with van der Waals surface area (Å²) in [4.78, 5) is 0. The van der Waals surface area contributed by atoms with E-state index < -0.39 is 15.3 Å². The van der Waals surface area contributed by atoms with Gasteiger partial charge in [0.25, 0.3) is 0 Å². The summed E-state index contributed by atoms with van der Waals surface area (Å²) < 4.78 is 26.6. The van der Waals surface area contributed by atoms with E-state index in [0.717, 1.165) is 5.56 Å². The van der Waals surface area contributed by atoms with Crippen molar-refractivity contribution in [2.75, 3.05) is 11.3 Å². The molecule has 1 rings (SSSR count). The Labute approximate surface area is 119 Å². The monoisotopic (exact) mass is 291 g/mol. The van der Waals surface area contributed by atoms with Crippen LogP contribution in [0.15, 0.2) is 18.2 Å². The quantitative estimate of drug-likeness (QED) is 0.818. The van der Waals surface area contributed by atoms with Crippen molar-refractivity contribution in [1.29, 1.82) is 5.26 Å². The van der Waals surface area contributed by atoms with Crippen LogP contribution < -0.4 is 10.5 Å². The van der Waals surface area contributed by atoms with E-state index in [-0.39, 0.29) is 13.0 Å². The number of benzene rings is 1. The number of nitrogens with two attached hydrogens (primary N) is 1. The Bertz CT molecular complexity index is 679. The number of nitriles is 1. The first kappa shape index (κ1) is 16.0. The SMILES string of the molecule is CCC(C#N)S(=O)(=O)Nc1ccc(C)cc1C#CCN. The minimum Gasteiger partial charge on any atom is -0.320 e. The number of nitrogens with zero attached hydrogens (tertiary/aromatic N) is 1. The molecule has 20 heavy (non-hydrogen) atoms. The Morgan fingerprint density at radius 2 is 2.15 bits per heavy atom. The molecule has 1 aromatic rings. The molecule has 0 aliphatic rings. The van der Waals surface area contributed by atoms with Gasteiger partial charge >= 0.3 is 0 Å². The zero-order valence-electron chi connectivity index (χ0n) is 11.5. The topological polar surface area (TPSA) is 96.0 Å². The smallest absolute Gasteiger partial charge is 0.249 e. The Morgan fingerprint density at radius 1 is 1.45 bits per heavy atom. The van der Waals surface area contributed by atoms with Crippen LogP contribution >= 0.6 is 0 Å². The van der Waals surface area contributed by atoms with Crippen molar-refractivity contribution < 1.29 is 8.42 Å². The molecule has 0 radical (unpaired) electrons. The third-order valence-corrected chi connectivity index (χ3v) is 4.33. The number of anilines is 1. The fraction of sp³-hybridized carbons (Fsp3) is 0.357. The van der Waals surface area contributed by atoms with E-state index in [2.05, 4.69) is 16.6 Å². The zero-order chi connectivity index (χ0) is 15.2. The highest BCUT2D eigenvalue weighted by molar-refractivity contribution is 7.93. The van der Waals surface area contributed by atoms with Crippen LogP contribution in [0, 0.1) is 30.1 Å². The predicted octanol–water partition coefficient (Wildman–Crippen LogP) is 1.35. The predicted molar refractivity (Wildman–Crippen MR) is 79.3 cm³/mol. The molecule has 1 aromatic carbocycles. The van der Waals surface area contributed by atoms with Gasteiger partial charge in [-0.1, -0.05) is 24.8 Å². The molecule has 0 saturated heterocycles. The molecule has 5 nitrogen and oxygen atoms in total.